The van der Waals surface area contributed by atoms with Crippen LogP contribution >= 0.6 is 11.6 Å². The van der Waals surface area contributed by atoms with Gasteiger partial charge in [-0.25, -0.2) is 22.9 Å². The Labute approximate surface area is 73.2 Å². The van der Waals surface area contributed by atoms with Crippen LogP contribution in [-0.2, 0) is 10.0 Å². The Kier molecular flexibility index (Phi) is 2.31. The molecule has 0 aliphatic rings. The van der Waals surface area contributed by atoms with Crippen LogP contribution in [0.3, 0.4) is 0 Å². The van der Waals surface area contributed by atoms with E-state index < -0.39 is 20.9 Å². The summed E-state index contributed by atoms with van der Waals surface area (Å²) in [5.41, 5.74) is 0. The van der Waals surface area contributed by atoms with Gasteiger partial charge in [0.05, 0.1) is 5.02 Å². The molecule has 0 aliphatic carbocycles. The molecule has 0 saturated carbocycles. The van der Waals surface area contributed by atoms with Crippen LogP contribution in [0.4, 0.5) is 4.39 Å². The Balaban J connectivity index is 3.39. The Morgan fingerprint density at radius 2 is 2.17 bits per heavy atom. The first-order valence-corrected chi connectivity index (χ1v) is 4.67. The number of sulfonamides is 1. The summed E-state index contributed by atoms with van der Waals surface area (Å²) in [5.74, 6) is -1.05. The second-order valence-electron chi connectivity index (χ2n) is 1.99. The first-order valence-electron chi connectivity index (χ1n) is 2.75. The molecule has 2 N–H and O–H groups in total. The van der Waals surface area contributed by atoms with Gasteiger partial charge >= 0.3 is 0 Å². The van der Waals surface area contributed by atoms with Crippen molar-refractivity contribution in [2.75, 3.05) is 0 Å². The number of hydrogen-bond donors (Lipinski definition) is 1. The molecule has 7 heteroatoms. The number of pyridine rings is 1. The highest BCUT2D eigenvalue weighted by molar-refractivity contribution is 7.89. The summed E-state index contributed by atoms with van der Waals surface area (Å²) in [6.07, 6.45) is 1.00. The van der Waals surface area contributed by atoms with Crippen molar-refractivity contribution in [3.05, 3.63) is 23.1 Å². The summed E-state index contributed by atoms with van der Waals surface area (Å²) in [4.78, 5) is 3.23. The van der Waals surface area contributed by atoms with E-state index in [4.69, 9.17) is 11.6 Å². The number of nitrogens with two attached hydrogens (primary N) is 1. The second-order valence-corrected chi connectivity index (χ2v) is 3.90. The molecule has 0 spiro atoms. The third-order valence-corrected chi connectivity index (χ3v) is 2.09. The fourth-order valence-electron chi connectivity index (χ4n) is 0.611. The molecule has 0 atom stereocenters. The molecule has 0 amide bonds. The van der Waals surface area contributed by atoms with Crippen molar-refractivity contribution >= 4 is 21.6 Å². The van der Waals surface area contributed by atoms with Gasteiger partial charge < -0.3 is 0 Å². The predicted octanol–water partition coefficient (Wildman–Crippen LogP) is 0.522. The quantitative estimate of drug-likeness (QED) is 0.735. The van der Waals surface area contributed by atoms with E-state index >= 15 is 0 Å². The van der Waals surface area contributed by atoms with Gasteiger partial charge in [0.15, 0.2) is 5.82 Å². The van der Waals surface area contributed by atoms with Gasteiger partial charge in [-0.1, -0.05) is 11.6 Å². The monoisotopic (exact) mass is 210 g/mol. The van der Waals surface area contributed by atoms with Crippen molar-refractivity contribution in [2.45, 2.75) is 5.03 Å². The smallest absolute Gasteiger partial charge is 0.239 e. The van der Waals surface area contributed by atoms with Crippen molar-refractivity contribution < 1.29 is 12.8 Å². The van der Waals surface area contributed by atoms with Crippen LogP contribution in [0, 0.1) is 5.82 Å². The average molecular weight is 211 g/mol. The maximum Gasteiger partial charge on any atom is 0.258 e. The highest BCUT2D eigenvalue weighted by Crippen LogP contribution is 2.13. The van der Waals surface area contributed by atoms with Crippen LogP contribution in [0.1, 0.15) is 0 Å². The average Bonchev–Trinajstić information content (AvgIpc) is 1.83. The van der Waals surface area contributed by atoms with Gasteiger partial charge in [-0.3, -0.25) is 0 Å². The third-order valence-electron chi connectivity index (χ3n) is 1.04. The van der Waals surface area contributed by atoms with Crippen molar-refractivity contribution in [3.63, 3.8) is 0 Å². The zero-order chi connectivity index (χ0) is 9.35. The Bertz CT molecular complexity index is 406. The summed E-state index contributed by atoms with van der Waals surface area (Å²) in [7, 11) is -4.10. The molecule has 0 radical (unpaired) electrons. The van der Waals surface area contributed by atoms with Gasteiger partial charge in [0.2, 0.25) is 5.03 Å². The van der Waals surface area contributed by atoms with Crippen molar-refractivity contribution in [2.24, 2.45) is 5.14 Å². The van der Waals surface area contributed by atoms with Gasteiger partial charge in [-0.2, -0.15) is 0 Å². The molecule has 1 rings (SSSR count). The molecule has 1 heterocycles. The van der Waals surface area contributed by atoms with E-state index in [-0.39, 0.29) is 5.02 Å². The van der Waals surface area contributed by atoms with Gasteiger partial charge in [-0.05, 0) is 6.07 Å². The second kappa shape index (κ2) is 2.96. The number of halogens is 2. The zero-order valence-electron chi connectivity index (χ0n) is 5.66. The van der Waals surface area contributed by atoms with Crippen molar-refractivity contribution in [1.29, 1.82) is 0 Å². The highest BCUT2D eigenvalue weighted by Gasteiger charge is 2.15. The van der Waals surface area contributed by atoms with Crippen molar-refractivity contribution in [1.82, 2.24) is 4.98 Å². The number of rotatable bonds is 1. The lowest BCUT2D eigenvalue weighted by Gasteiger charge is -1.97. The van der Waals surface area contributed by atoms with Crippen LogP contribution in [0.25, 0.3) is 0 Å². The Morgan fingerprint density at radius 3 is 2.58 bits per heavy atom. The SMILES string of the molecule is NS(=O)(=O)c1ncc(Cl)cc1F. The highest BCUT2D eigenvalue weighted by atomic mass is 35.5. The lowest BCUT2D eigenvalue weighted by atomic mass is 10.5. The van der Waals surface area contributed by atoms with Gasteiger partial charge in [0.1, 0.15) is 0 Å². The standard InChI is InChI=1S/C5H4ClFN2O2S/c6-3-1-4(7)5(9-2-3)12(8,10)11/h1-2H,(H2,8,10,11). The number of primary sulfonamides is 1. The van der Waals surface area contributed by atoms with Crippen LogP contribution in [0.15, 0.2) is 17.3 Å². The first-order chi connectivity index (χ1) is 5.41. The summed E-state index contributed by atoms with van der Waals surface area (Å²) in [6, 6.07) is 0.828. The molecule has 0 aliphatic heterocycles. The van der Waals surface area contributed by atoms with E-state index in [1.807, 2.05) is 0 Å². The molecule has 12 heavy (non-hydrogen) atoms. The first kappa shape index (κ1) is 9.37. The van der Waals surface area contributed by atoms with E-state index in [9.17, 15) is 12.8 Å². The Morgan fingerprint density at radius 1 is 1.58 bits per heavy atom. The molecular formula is C5H4ClFN2O2S. The predicted molar refractivity (Wildman–Crippen MR) is 40.6 cm³/mol. The molecule has 0 unspecified atom stereocenters. The summed E-state index contributed by atoms with van der Waals surface area (Å²) >= 11 is 5.33. The fourth-order valence-corrected chi connectivity index (χ4v) is 1.29. The Hall–Kier alpha value is -0.720. The molecule has 66 valence electrons. The fraction of sp³-hybridized carbons (Fsp3) is 0. The third kappa shape index (κ3) is 1.90. The van der Waals surface area contributed by atoms with Crippen LogP contribution in [-0.4, -0.2) is 13.4 Å². The van der Waals surface area contributed by atoms with Gasteiger partial charge in [0, 0.05) is 6.20 Å². The van der Waals surface area contributed by atoms with Crippen LogP contribution < -0.4 is 5.14 Å². The summed E-state index contributed by atoms with van der Waals surface area (Å²) < 4.78 is 33.9. The van der Waals surface area contributed by atoms with E-state index in [2.05, 4.69) is 10.1 Å². The van der Waals surface area contributed by atoms with Crippen LogP contribution in [0.2, 0.25) is 5.02 Å². The molecule has 0 aromatic carbocycles. The minimum atomic E-state index is -4.10. The molecule has 4 nitrogen and oxygen atoms in total. The van der Waals surface area contributed by atoms with E-state index in [1.165, 1.54) is 0 Å². The number of aromatic nitrogens is 1. The molecular weight excluding hydrogens is 207 g/mol. The summed E-state index contributed by atoms with van der Waals surface area (Å²) in [6.45, 7) is 0. The summed E-state index contributed by atoms with van der Waals surface area (Å²) in [5, 5.41) is 3.85. The molecule has 0 saturated heterocycles. The zero-order valence-corrected chi connectivity index (χ0v) is 7.23. The minimum Gasteiger partial charge on any atom is -0.239 e. The number of nitrogens with zero attached hydrogens (tertiary/aromatic N) is 1. The van der Waals surface area contributed by atoms with Gasteiger partial charge in [-0.15, -0.1) is 0 Å². The largest absolute Gasteiger partial charge is 0.258 e. The van der Waals surface area contributed by atoms with Gasteiger partial charge in [0.25, 0.3) is 10.0 Å². The molecule has 1 aromatic heterocycles. The normalized spacial score (nSPS) is 11.6. The molecule has 1 aromatic rings. The maximum absolute atomic E-state index is 12.7. The lowest BCUT2D eigenvalue weighted by molar-refractivity contribution is 0.555. The topological polar surface area (TPSA) is 73.1 Å². The van der Waals surface area contributed by atoms with E-state index in [0.29, 0.717) is 0 Å². The van der Waals surface area contributed by atoms with Crippen LogP contribution in [0.5, 0.6) is 0 Å². The van der Waals surface area contributed by atoms with Crippen molar-refractivity contribution in [3.8, 4) is 0 Å². The molecule has 0 fully saturated rings. The maximum atomic E-state index is 12.7. The van der Waals surface area contributed by atoms with E-state index in [1.54, 1.807) is 0 Å². The molecule has 0 bridgehead atoms. The van der Waals surface area contributed by atoms with E-state index in [0.717, 1.165) is 12.3 Å². The minimum absolute atomic E-state index is 0.0138. The lowest BCUT2D eigenvalue weighted by Crippen LogP contribution is -2.15. The number of hydrogen-bond acceptors (Lipinski definition) is 3.